The van der Waals surface area contributed by atoms with E-state index in [-0.39, 0.29) is 5.56 Å². The summed E-state index contributed by atoms with van der Waals surface area (Å²) >= 11 is 0. The van der Waals surface area contributed by atoms with Gasteiger partial charge in [-0.25, -0.2) is 13.5 Å². The predicted molar refractivity (Wildman–Crippen MR) is 92.2 cm³/mol. The Bertz CT molecular complexity index is 885. The van der Waals surface area contributed by atoms with E-state index in [1.807, 2.05) is 6.07 Å². The SMILES string of the molecule is Cc1ccc(-c2ccc(=O)[nH]n2)cc1S(=O)(=O)N1CCCC(C)C1. The van der Waals surface area contributed by atoms with Gasteiger partial charge >= 0.3 is 0 Å². The molecule has 0 amide bonds. The second kappa shape index (κ2) is 6.49. The number of aryl methyl sites for hydroxylation is 1. The Labute approximate surface area is 141 Å². The molecule has 7 heteroatoms. The molecule has 0 spiro atoms. The normalized spacial score (nSPS) is 19.3. The first kappa shape index (κ1) is 16.9. The summed E-state index contributed by atoms with van der Waals surface area (Å²) in [6.07, 6.45) is 1.95. The second-order valence-corrected chi connectivity index (χ2v) is 8.30. The van der Waals surface area contributed by atoms with Crippen molar-refractivity contribution in [3.63, 3.8) is 0 Å². The molecule has 2 aromatic rings. The summed E-state index contributed by atoms with van der Waals surface area (Å²) in [5.41, 5.74) is 1.63. The first-order valence-electron chi connectivity index (χ1n) is 8.05. The van der Waals surface area contributed by atoms with E-state index < -0.39 is 10.0 Å². The number of aromatic nitrogens is 2. The van der Waals surface area contributed by atoms with Gasteiger partial charge in [0.25, 0.3) is 5.56 Å². The topological polar surface area (TPSA) is 83.1 Å². The fraction of sp³-hybridized carbons (Fsp3) is 0.412. The largest absolute Gasteiger partial charge is 0.268 e. The monoisotopic (exact) mass is 347 g/mol. The van der Waals surface area contributed by atoms with Crippen molar-refractivity contribution in [2.75, 3.05) is 13.1 Å². The van der Waals surface area contributed by atoms with Gasteiger partial charge in [-0.1, -0.05) is 19.1 Å². The third-order valence-electron chi connectivity index (χ3n) is 4.40. The highest BCUT2D eigenvalue weighted by Gasteiger charge is 2.30. The van der Waals surface area contributed by atoms with Gasteiger partial charge in [-0.15, -0.1) is 0 Å². The average molecular weight is 347 g/mol. The van der Waals surface area contributed by atoms with E-state index >= 15 is 0 Å². The van der Waals surface area contributed by atoms with Crippen LogP contribution in [0.2, 0.25) is 0 Å². The number of hydrogen-bond acceptors (Lipinski definition) is 4. The second-order valence-electron chi connectivity index (χ2n) is 6.40. The number of nitrogens with one attached hydrogen (secondary N) is 1. The number of H-pyrrole nitrogens is 1. The minimum atomic E-state index is -3.53. The fourth-order valence-corrected chi connectivity index (χ4v) is 4.90. The molecule has 1 fully saturated rings. The van der Waals surface area contributed by atoms with E-state index in [0.717, 1.165) is 12.8 Å². The van der Waals surface area contributed by atoms with Gasteiger partial charge in [-0.05, 0) is 43.4 Å². The van der Waals surface area contributed by atoms with Crippen LogP contribution in [0.5, 0.6) is 0 Å². The van der Waals surface area contributed by atoms with E-state index in [9.17, 15) is 13.2 Å². The standard InChI is InChI=1S/C17H21N3O3S/c1-12-4-3-9-20(11-12)24(22,23)16-10-14(6-5-13(16)2)15-7-8-17(21)19-18-15/h5-8,10,12H,3-4,9,11H2,1-2H3,(H,19,21). The molecule has 6 nitrogen and oxygen atoms in total. The quantitative estimate of drug-likeness (QED) is 0.922. The Morgan fingerprint density at radius 3 is 2.71 bits per heavy atom. The molecule has 1 N–H and O–H groups in total. The Morgan fingerprint density at radius 1 is 1.25 bits per heavy atom. The van der Waals surface area contributed by atoms with Crippen LogP contribution in [-0.4, -0.2) is 36.0 Å². The van der Waals surface area contributed by atoms with Crippen molar-refractivity contribution < 1.29 is 8.42 Å². The summed E-state index contributed by atoms with van der Waals surface area (Å²) in [7, 11) is -3.53. The molecule has 1 aromatic carbocycles. The number of piperidine rings is 1. The molecular weight excluding hydrogens is 326 g/mol. The molecule has 3 rings (SSSR count). The summed E-state index contributed by atoms with van der Waals surface area (Å²) in [5, 5.41) is 6.35. The zero-order valence-corrected chi connectivity index (χ0v) is 14.6. The number of aromatic amines is 1. The number of hydrogen-bond donors (Lipinski definition) is 1. The van der Waals surface area contributed by atoms with Crippen LogP contribution in [0, 0.1) is 12.8 Å². The Kier molecular flexibility index (Phi) is 4.56. The zero-order valence-electron chi connectivity index (χ0n) is 13.8. The highest BCUT2D eigenvalue weighted by atomic mass is 32.2. The van der Waals surface area contributed by atoms with Crippen molar-refractivity contribution in [3.8, 4) is 11.3 Å². The lowest BCUT2D eigenvalue weighted by molar-refractivity contribution is 0.281. The molecule has 1 aromatic heterocycles. The van der Waals surface area contributed by atoms with Gasteiger partial charge in [0.2, 0.25) is 10.0 Å². The smallest absolute Gasteiger partial charge is 0.264 e. The van der Waals surface area contributed by atoms with Gasteiger partial charge in [0.1, 0.15) is 0 Å². The molecule has 0 saturated carbocycles. The van der Waals surface area contributed by atoms with Gasteiger partial charge in [-0.2, -0.15) is 9.40 Å². The average Bonchev–Trinajstić information content (AvgIpc) is 2.56. The molecule has 1 unspecified atom stereocenters. The van der Waals surface area contributed by atoms with Gasteiger partial charge in [-0.3, -0.25) is 4.79 Å². The summed E-state index contributed by atoms with van der Waals surface area (Å²) in [6.45, 7) is 5.00. The summed E-state index contributed by atoms with van der Waals surface area (Å²) < 4.78 is 27.7. The first-order chi connectivity index (χ1) is 11.4. The molecule has 1 aliphatic heterocycles. The van der Waals surface area contributed by atoms with Crippen LogP contribution in [0.4, 0.5) is 0 Å². The van der Waals surface area contributed by atoms with E-state index in [1.165, 1.54) is 6.07 Å². The van der Waals surface area contributed by atoms with Crippen LogP contribution >= 0.6 is 0 Å². The van der Waals surface area contributed by atoms with Crippen molar-refractivity contribution in [1.82, 2.24) is 14.5 Å². The van der Waals surface area contributed by atoms with Crippen molar-refractivity contribution in [2.45, 2.75) is 31.6 Å². The van der Waals surface area contributed by atoms with Gasteiger partial charge in [0.15, 0.2) is 0 Å². The van der Waals surface area contributed by atoms with Gasteiger partial charge in [0.05, 0.1) is 10.6 Å². The Morgan fingerprint density at radius 2 is 2.04 bits per heavy atom. The molecule has 0 bridgehead atoms. The van der Waals surface area contributed by atoms with Crippen molar-refractivity contribution in [2.24, 2.45) is 5.92 Å². The molecular formula is C17H21N3O3S. The van der Waals surface area contributed by atoms with Crippen LogP contribution in [-0.2, 0) is 10.0 Å². The molecule has 128 valence electrons. The van der Waals surface area contributed by atoms with Crippen LogP contribution in [0.1, 0.15) is 25.3 Å². The van der Waals surface area contributed by atoms with Crippen molar-refractivity contribution >= 4 is 10.0 Å². The molecule has 0 radical (unpaired) electrons. The number of rotatable bonds is 3. The molecule has 1 atom stereocenters. The van der Waals surface area contributed by atoms with Gasteiger partial charge in [0, 0.05) is 24.7 Å². The molecule has 1 aliphatic rings. The molecule has 2 heterocycles. The number of sulfonamides is 1. The predicted octanol–water partition coefficient (Wildman–Crippen LogP) is 2.17. The maximum atomic E-state index is 13.0. The fourth-order valence-electron chi connectivity index (χ4n) is 3.05. The summed E-state index contributed by atoms with van der Waals surface area (Å²) in [4.78, 5) is 11.5. The van der Waals surface area contributed by atoms with Crippen LogP contribution in [0.25, 0.3) is 11.3 Å². The highest BCUT2D eigenvalue weighted by Crippen LogP contribution is 2.28. The van der Waals surface area contributed by atoms with E-state index in [4.69, 9.17) is 0 Å². The Hall–Kier alpha value is -1.99. The number of nitrogens with zero attached hydrogens (tertiary/aromatic N) is 2. The first-order valence-corrected chi connectivity index (χ1v) is 9.49. The maximum Gasteiger partial charge on any atom is 0.264 e. The molecule has 1 saturated heterocycles. The van der Waals surface area contributed by atoms with Crippen molar-refractivity contribution in [3.05, 3.63) is 46.2 Å². The van der Waals surface area contributed by atoms with E-state index in [0.29, 0.717) is 40.7 Å². The lowest BCUT2D eigenvalue weighted by atomic mass is 10.0. The minimum Gasteiger partial charge on any atom is -0.268 e. The van der Waals surface area contributed by atoms with Crippen LogP contribution in [0.15, 0.2) is 40.0 Å². The third kappa shape index (κ3) is 3.27. The Balaban J connectivity index is 2.02. The minimum absolute atomic E-state index is 0.291. The van der Waals surface area contributed by atoms with Crippen LogP contribution < -0.4 is 5.56 Å². The van der Waals surface area contributed by atoms with Crippen molar-refractivity contribution in [1.29, 1.82) is 0 Å². The number of benzene rings is 1. The zero-order chi connectivity index (χ0) is 17.3. The lowest BCUT2D eigenvalue weighted by Gasteiger charge is -2.30. The molecule has 0 aliphatic carbocycles. The van der Waals surface area contributed by atoms with E-state index in [2.05, 4.69) is 17.1 Å². The van der Waals surface area contributed by atoms with E-state index in [1.54, 1.807) is 29.4 Å². The van der Waals surface area contributed by atoms with Crippen LogP contribution in [0.3, 0.4) is 0 Å². The summed E-state index contributed by atoms with van der Waals surface area (Å²) in [6, 6.07) is 8.20. The lowest BCUT2D eigenvalue weighted by Crippen LogP contribution is -2.39. The molecule has 24 heavy (non-hydrogen) atoms. The van der Waals surface area contributed by atoms with Gasteiger partial charge < -0.3 is 0 Å². The summed E-state index contributed by atoms with van der Waals surface area (Å²) in [5.74, 6) is 0.373. The highest BCUT2D eigenvalue weighted by molar-refractivity contribution is 7.89. The maximum absolute atomic E-state index is 13.0. The third-order valence-corrected chi connectivity index (χ3v) is 6.41.